The van der Waals surface area contributed by atoms with Crippen LogP contribution in [0.5, 0.6) is 0 Å². The molecule has 0 bridgehead atoms. The van der Waals surface area contributed by atoms with Crippen LogP contribution < -0.4 is 0 Å². The van der Waals surface area contributed by atoms with Gasteiger partial charge in [-0.1, -0.05) is 30.3 Å². The summed E-state index contributed by atoms with van der Waals surface area (Å²) in [5.41, 5.74) is 0.0167. The Kier molecular flexibility index (Phi) is 7.04. The van der Waals surface area contributed by atoms with Crippen LogP contribution in [-0.4, -0.2) is 45.6 Å². The van der Waals surface area contributed by atoms with Gasteiger partial charge in [0.2, 0.25) is 5.91 Å². The zero-order chi connectivity index (χ0) is 20.9. The molecule has 1 aromatic carbocycles. The number of hydrogen-bond acceptors (Lipinski definition) is 5. The zero-order valence-electron chi connectivity index (χ0n) is 15.6. The number of ketones is 1. The molecule has 1 heterocycles. The van der Waals surface area contributed by atoms with E-state index in [-0.39, 0.29) is 29.3 Å². The molecule has 1 fully saturated rings. The molecule has 152 valence electrons. The number of epoxide rings is 1. The van der Waals surface area contributed by atoms with Gasteiger partial charge in [-0.3, -0.25) is 14.5 Å². The number of nitrogens with zero attached hydrogens (tertiary/aromatic N) is 1. The maximum Gasteiger partial charge on any atom is 0.273 e. The fraction of sp³-hybridized carbons (Fsp3) is 0.400. The average Bonchev–Trinajstić information content (AvgIpc) is 3.46. The summed E-state index contributed by atoms with van der Waals surface area (Å²) in [6.07, 6.45) is -0.381. The molecule has 2 N–H and O–H groups in total. The lowest BCUT2D eigenvalue weighted by molar-refractivity contribution is -0.129. The number of alkyl halides is 2. The Morgan fingerprint density at radius 2 is 1.86 bits per heavy atom. The summed E-state index contributed by atoms with van der Waals surface area (Å²) < 4.78 is 33.7. The molecular weight excluding hydrogens is 372 g/mol. The molecule has 2 atom stereocenters. The zero-order valence-corrected chi connectivity index (χ0v) is 15.6. The second-order valence-corrected chi connectivity index (χ2v) is 6.57. The van der Waals surface area contributed by atoms with Crippen LogP contribution >= 0.6 is 0 Å². The maximum atomic E-state index is 14.3. The summed E-state index contributed by atoms with van der Waals surface area (Å²) in [5.74, 6) is -4.56. The number of amides is 1. The largest absolute Gasteiger partial charge is 0.508 e. The SMILES string of the molecule is CC(=O)/C(C)=C\N(C=C(O)[C@H]1OC1CO)C(=O)CCC(F)(F)c1ccccc1. The van der Waals surface area contributed by atoms with Crippen LogP contribution in [0.15, 0.2) is 54.1 Å². The average molecular weight is 395 g/mol. The Morgan fingerprint density at radius 3 is 2.39 bits per heavy atom. The van der Waals surface area contributed by atoms with Gasteiger partial charge in [-0.25, -0.2) is 8.78 Å². The van der Waals surface area contributed by atoms with Gasteiger partial charge in [0.1, 0.15) is 18.0 Å². The monoisotopic (exact) mass is 395 g/mol. The van der Waals surface area contributed by atoms with Gasteiger partial charge >= 0.3 is 0 Å². The summed E-state index contributed by atoms with van der Waals surface area (Å²) in [7, 11) is 0. The number of aliphatic hydroxyl groups excluding tert-OH is 2. The number of benzene rings is 1. The fourth-order valence-corrected chi connectivity index (χ4v) is 2.46. The molecule has 1 aromatic rings. The van der Waals surface area contributed by atoms with E-state index >= 15 is 0 Å². The highest BCUT2D eigenvalue weighted by Gasteiger charge is 2.42. The number of carbonyl (C=O) groups is 2. The molecule has 1 amide bonds. The number of halogens is 2. The molecule has 1 saturated heterocycles. The first-order valence-electron chi connectivity index (χ1n) is 8.76. The number of hydrogen-bond donors (Lipinski definition) is 2. The van der Waals surface area contributed by atoms with Crippen molar-refractivity contribution >= 4 is 11.7 Å². The van der Waals surface area contributed by atoms with Crippen molar-refractivity contribution in [2.24, 2.45) is 0 Å². The number of ether oxygens (including phenoxy) is 1. The van der Waals surface area contributed by atoms with Crippen LogP contribution in [0.3, 0.4) is 0 Å². The lowest BCUT2D eigenvalue weighted by Gasteiger charge is -2.19. The molecule has 0 aromatic heterocycles. The van der Waals surface area contributed by atoms with E-state index in [0.29, 0.717) is 0 Å². The third kappa shape index (κ3) is 5.71. The highest BCUT2D eigenvalue weighted by Crippen LogP contribution is 2.33. The molecule has 0 spiro atoms. The predicted octanol–water partition coefficient (Wildman–Crippen LogP) is 3.04. The minimum absolute atomic E-state index is 0.194. The lowest BCUT2D eigenvalue weighted by Crippen LogP contribution is -2.25. The van der Waals surface area contributed by atoms with Crippen molar-refractivity contribution in [1.82, 2.24) is 4.90 Å². The summed E-state index contributed by atoms with van der Waals surface area (Å²) in [4.78, 5) is 24.9. The van der Waals surface area contributed by atoms with E-state index in [1.165, 1.54) is 44.3 Å². The molecule has 2 rings (SSSR count). The van der Waals surface area contributed by atoms with Gasteiger partial charge in [-0.05, 0) is 13.8 Å². The highest BCUT2D eigenvalue weighted by molar-refractivity contribution is 5.93. The van der Waals surface area contributed by atoms with Gasteiger partial charge in [0, 0.05) is 30.2 Å². The van der Waals surface area contributed by atoms with E-state index in [0.717, 1.165) is 11.1 Å². The molecule has 6 nitrogen and oxygen atoms in total. The Balaban J connectivity index is 2.13. The number of carbonyl (C=O) groups excluding carboxylic acids is 2. The standard InChI is InChI=1S/C20H23F2NO5/c1-13(14(2)25)10-23(11-16(26)19-17(12-24)28-19)18(27)8-9-20(21,22)15-6-4-3-5-7-15/h3-7,10-11,17,19,24,26H,8-9,12H2,1-2H3/b13-10-,16-11?/t17?,19-/m1/s1. The van der Waals surface area contributed by atoms with E-state index in [2.05, 4.69) is 0 Å². The Morgan fingerprint density at radius 1 is 1.21 bits per heavy atom. The first kappa shape index (κ1) is 21.7. The van der Waals surface area contributed by atoms with Crippen molar-refractivity contribution in [3.63, 3.8) is 0 Å². The fourth-order valence-electron chi connectivity index (χ4n) is 2.46. The molecule has 0 aliphatic carbocycles. The lowest BCUT2D eigenvalue weighted by atomic mass is 10.0. The molecular formula is C20H23F2NO5. The first-order valence-corrected chi connectivity index (χ1v) is 8.76. The van der Waals surface area contributed by atoms with Gasteiger partial charge in [0.05, 0.1) is 12.8 Å². The Labute approximate surface area is 161 Å². The number of allylic oxidation sites excluding steroid dienone is 1. The Bertz CT molecular complexity index is 776. The molecule has 8 heteroatoms. The topological polar surface area (TPSA) is 90.4 Å². The molecule has 28 heavy (non-hydrogen) atoms. The summed E-state index contributed by atoms with van der Waals surface area (Å²) in [6, 6.07) is 7.17. The predicted molar refractivity (Wildman–Crippen MR) is 97.3 cm³/mol. The van der Waals surface area contributed by atoms with Crippen LogP contribution in [0.2, 0.25) is 0 Å². The van der Waals surface area contributed by atoms with Crippen molar-refractivity contribution in [2.75, 3.05) is 6.61 Å². The highest BCUT2D eigenvalue weighted by atomic mass is 19.3. The van der Waals surface area contributed by atoms with Crippen molar-refractivity contribution in [3.05, 3.63) is 59.6 Å². The maximum absolute atomic E-state index is 14.3. The molecule has 0 saturated carbocycles. The van der Waals surface area contributed by atoms with Gasteiger partial charge in [-0.15, -0.1) is 0 Å². The minimum Gasteiger partial charge on any atom is -0.508 e. The van der Waals surface area contributed by atoms with Crippen LogP contribution in [0, 0.1) is 0 Å². The number of rotatable bonds is 9. The normalized spacial score (nSPS) is 20.0. The van der Waals surface area contributed by atoms with Crippen LogP contribution in [0.25, 0.3) is 0 Å². The van der Waals surface area contributed by atoms with Crippen LogP contribution in [0.1, 0.15) is 32.3 Å². The molecule has 1 aliphatic heterocycles. The third-order valence-corrected chi connectivity index (χ3v) is 4.35. The van der Waals surface area contributed by atoms with E-state index < -0.39 is 36.9 Å². The van der Waals surface area contributed by atoms with Gasteiger partial charge in [0.25, 0.3) is 5.92 Å². The minimum atomic E-state index is -3.20. The number of aliphatic hydroxyl groups is 2. The second-order valence-electron chi connectivity index (χ2n) is 6.57. The third-order valence-electron chi connectivity index (χ3n) is 4.35. The van der Waals surface area contributed by atoms with Gasteiger partial charge < -0.3 is 14.9 Å². The summed E-state index contributed by atoms with van der Waals surface area (Å²) in [6.45, 7) is 2.46. The van der Waals surface area contributed by atoms with E-state index in [1.54, 1.807) is 6.07 Å². The Hall–Kier alpha value is -2.58. The van der Waals surface area contributed by atoms with Crippen LogP contribution in [-0.2, 0) is 20.2 Å². The quantitative estimate of drug-likeness (QED) is 0.381. The second kappa shape index (κ2) is 9.07. The summed E-state index contributed by atoms with van der Waals surface area (Å²) in [5, 5.41) is 19.0. The van der Waals surface area contributed by atoms with Gasteiger partial charge in [0.15, 0.2) is 5.78 Å². The smallest absolute Gasteiger partial charge is 0.273 e. The van der Waals surface area contributed by atoms with Gasteiger partial charge in [-0.2, -0.15) is 0 Å². The van der Waals surface area contributed by atoms with Crippen molar-refractivity contribution in [2.45, 2.75) is 44.8 Å². The first-order chi connectivity index (χ1) is 13.2. The number of Topliss-reactive ketones (excluding diaryl/α,β-unsaturated/α-hetero) is 1. The van der Waals surface area contributed by atoms with E-state index in [1.807, 2.05) is 0 Å². The van der Waals surface area contributed by atoms with E-state index in [4.69, 9.17) is 9.84 Å². The van der Waals surface area contributed by atoms with Crippen molar-refractivity contribution in [1.29, 1.82) is 0 Å². The molecule has 0 radical (unpaired) electrons. The van der Waals surface area contributed by atoms with E-state index in [9.17, 15) is 23.5 Å². The summed E-state index contributed by atoms with van der Waals surface area (Å²) >= 11 is 0. The van der Waals surface area contributed by atoms with Crippen LogP contribution in [0.4, 0.5) is 8.78 Å². The van der Waals surface area contributed by atoms with Crippen molar-refractivity contribution < 1.29 is 33.3 Å². The molecule has 1 unspecified atom stereocenters. The van der Waals surface area contributed by atoms with Crippen molar-refractivity contribution in [3.8, 4) is 0 Å². The molecule has 1 aliphatic rings.